The standard InChI is InChI=1S/C27H23N7/c28-17-21(25-23(18-29)26(30)34(32-25)22-10-3-1-4-11-22)16-20-15-19-9-5-6-12-24(19)31-27(20)33-13-7-2-8-14-33/h1,3-6,9-12,15-16H,2,7-8,13-14H2,(H2,30,32)/p+1/b21-16+. The number of benzene rings is 2. The Kier molecular flexibility index (Phi) is 5.68. The van der Waals surface area contributed by atoms with E-state index >= 15 is 0 Å². The maximum atomic E-state index is 10.1. The van der Waals surface area contributed by atoms with Crippen molar-refractivity contribution in [1.82, 2.24) is 10.1 Å². The molecule has 166 valence electrons. The van der Waals surface area contributed by atoms with Crippen LogP contribution < -0.4 is 15.3 Å². The largest absolute Gasteiger partial charge is 0.356 e. The molecule has 0 aliphatic carbocycles. The molecule has 2 aromatic heterocycles. The molecule has 0 bridgehead atoms. The first kappa shape index (κ1) is 21.2. The molecule has 0 unspecified atom stereocenters. The van der Waals surface area contributed by atoms with E-state index in [1.165, 1.54) is 6.42 Å². The minimum absolute atomic E-state index is 0.241. The maximum absolute atomic E-state index is 10.1. The van der Waals surface area contributed by atoms with Gasteiger partial charge >= 0.3 is 5.82 Å². The molecule has 1 fully saturated rings. The van der Waals surface area contributed by atoms with Crippen LogP contribution in [0, 0.1) is 22.7 Å². The quantitative estimate of drug-likeness (QED) is 0.358. The van der Waals surface area contributed by atoms with Crippen molar-refractivity contribution in [3.63, 3.8) is 0 Å². The number of nitrogens with zero attached hydrogens (tertiary/aromatic N) is 5. The van der Waals surface area contributed by atoms with E-state index in [-0.39, 0.29) is 11.4 Å². The van der Waals surface area contributed by atoms with Crippen LogP contribution in [0.5, 0.6) is 0 Å². The molecule has 3 heterocycles. The number of fused-ring (bicyclic) bond motifs is 1. The number of anilines is 2. The lowest BCUT2D eigenvalue weighted by Crippen LogP contribution is -2.35. The third-order valence-corrected chi connectivity index (χ3v) is 6.17. The Labute approximate surface area is 198 Å². The summed E-state index contributed by atoms with van der Waals surface area (Å²) in [6.45, 7) is 1.86. The van der Waals surface area contributed by atoms with Gasteiger partial charge in [-0.3, -0.25) is 5.73 Å². The highest BCUT2D eigenvalue weighted by Crippen LogP contribution is 2.30. The fraction of sp³-hybridized carbons (Fsp3) is 0.185. The molecular weight excluding hydrogens is 422 g/mol. The summed E-state index contributed by atoms with van der Waals surface area (Å²) in [5.74, 6) is 1.12. The summed E-state index contributed by atoms with van der Waals surface area (Å²) in [5.41, 5.74) is 9.81. The van der Waals surface area contributed by atoms with E-state index in [2.05, 4.69) is 28.2 Å². The Hall–Kier alpha value is -4.62. The lowest BCUT2D eigenvalue weighted by Gasteiger charge is -2.29. The highest BCUT2D eigenvalue weighted by atomic mass is 15.3. The molecule has 0 saturated carbocycles. The lowest BCUT2D eigenvalue weighted by molar-refractivity contribution is -0.641. The van der Waals surface area contributed by atoms with Crippen LogP contribution in [0.3, 0.4) is 0 Å². The normalized spacial score (nSPS) is 14.1. The summed E-state index contributed by atoms with van der Waals surface area (Å²) in [6.07, 6.45) is 5.26. The summed E-state index contributed by atoms with van der Waals surface area (Å²) in [7, 11) is 0. The van der Waals surface area contributed by atoms with Gasteiger partial charge in [0.15, 0.2) is 11.3 Å². The number of nitrogens with one attached hydrogen (secondary N) is 1. The Morgan fingerprint density at radius 3 is 2.50 bits per heavy atom. The molecule has 0 amide bonds. The first-order chi connectivity index (χ1) is 16.7. The smallest absolute Gasteiger partial charge is 0.317 e. The number of piperidine rings is 1. The van der Waals surface area contributed by atoms with Gasteiger partial charge in [-0.25, -0.2) is 10.1 Å². The van der Waals surface area contributed by atoms with E-state index in [1.807, 2.05) is 60.7 Å². The summed E-state index contributed by atoms with van der Waals surface area (Å²) in [5, 5.41) is 24.1. The van der Waals surface area contributed by atoms with Gasteiger partial charge in [0.2, 0.25) is 0 Å². The number of nitrogen functional groups attached to an aromatic ring is 1. The van der Waals surface area contributed by atoms with Crippen molar-refractivity contribution in [3.8, 4) is 17.8 Å². The average molecular weight is 447 g/mol. The minimum atomic E-state index is 0.241. The van der Waals surface area contributed by atoms with Crippen LogP contribution in [0.25, 0.3) is 28.2 Å². The van der Waals surface area contributed by atoms with E-state index in [1.54, 1.807) is 4.68 Å². The molecule has 34 heavy (non-hydrogen) atoms. The van der Waals surface area contributed by atoms with Gasteiger partial charge < -0.3 is 4.90 Å². The van der Waals surface area contributed by atoms with Crippen molar-refractivity contribution >= 4 is 34.2 Å². The number of hydrogen-bond donors (Lipinski definition) is 2. The second kappa shape index (κ2) is 9.09. The average Bonchev–Trinajstić information content (AvgIpc) is 3.23. The van der Waals surface area contributed by atoms with Crippen LogP contribution in [0.15, 0.2) is 60.7 Å². The lowest BCUT2D eigenvalue weighted by atomic mass is 10.0. The molecule has 7 nitrogen and oxygen atoms in total. The van der Waals surface area contributed by atoms with Gasteiger partial charge in [-0.2, -0.15) is 10.5 Å². The van der Waals surface area contributed by atoms with Crippen LogP contribution in [-0.2, 0) is 0 Å². The number of nitriles is 2. The van der Waals surface area contributed by atoms with Crippen LogP contribution in [0.4, 0.5) is 11.6 Å². The highest BCUT2D eigenvalue weighted by Gasteiger charge is 2.25. The summed E-state index contributed by atoms with van der Waals surface area (Å²) in [6, 6.07) is 23.9. The number of nitrogens with two attached hydrogens (primary N) is 1. The molecule has 4 aromatic rings. The number of para-hydroxylation sites is 2. The fourth-order valence-electron chi connectivity index (χ4n) is 4.46. The molecule has 1 saturated heterocycles. The number of rotatable bonds is 4. The summed E-state index contributed by atoms with van der Waals surface area (Å²) in [4.78, 5) is 7.25. The first-order valence-corrected chi connectivity index (χ1v) is 11.4. The zero-order valence-electron chi connectivity index (χ0n) is 18.7. The van der Waals surface area contributed by atoms with Crippen molar-refractivity contribution in [2.75, 3.05) is 23.7 Å². The van der Waals surface area contributed by atoms with Crippen molar-refractivity contribution in [2.45, 2.75) is 19.3 Å². The first-order valence-electron chi connectivity index (χ1n) is 11.4. The Morgan fingerprint density at radius 2 is 1.76 bits per heavy atom. The number of pyridine rings is 1. The van der Waals surface area contributed by atoms with E-state index < -0.39 is 0 Å². The molecule has 3 N–H and O–H groups in total. The van der Waals surface area contributed by atoms with Gasteiger partial charge in [0.25, 0.3) is 0 Å². The molecule has 5 rings (SSSR count). The monoisotopic (exact) mass is 446 g/mol. The zero-order chi connectivity index (χ0) is 23.5. The molecule has 0 spiro atoms. The Balaban J connectivity index is 1.68. The van der Waals surface area contributed by atoms with Gasteiger partial charge in [0, 0.05) is 24.0 Å². The van der Waals surface area contributed by atoms with Gasteiger partial charge in [-0.05, 0) is 49.6 Å². The van der Waals surface area contributed by atoms with E-state index in [0.29, 0.717) is 11.3 Å². The predicted molar refractivity (Wildman–Crippen MR) is 133 cm³/mol. The second-order valence-electron chi connectivity index (χ2n) is 8.34. The zero-order valence-corrected chi connectivity index (χ0v) is 18.7. The number of aromatic nitrogens is 3. The molecule has 7 heteroatoms. The second-order valence-corrected chi connectivity index (χ2v) is 8.34. The number of allylic oxidation sites excluding steroid dienone is 1. The van der Waals surface area contributed by atoms with Crippen molar-refractivity contribution in [2.24, 2.45) is 0 Å². The summed E-state index contributed by atoms with van der Waals surface area (Å²) < 4.78 is 1.63. The van der Waals surface area contributed by atoms with Gasteiger partial charge in [-0.15, -0.1) is 4.68 Å². The number of hydrogen-bond acceptors (Lipinski definition) is 5. The van der Waals surface area contributed by atoms with Crippen LogP contribution >= 0.6 is 0 Å². The maximum Gasteiger partial charge on any atom is 0.317 e. The number of aromatic amines is 1. The van der Waals surface area contributed by atoms with E-state index in [0.717, 1.165) is 53.9 Å². The summed E-state index contributed by atoms with van der Waals surface area (Å²) >= 11 is 0. The molecule has 1 aliphatic rings. The van der Waals surface area contributed by atoms with Crippen molar-refractivity contribution < 1.29 is 4.68 Å². The molecule has 0 atom stereocenters. The van der Waals surface area contributed by atoms with E-state index in [4.69, 9.17) is 10.7 Å². The molecular formula is C27H24N7+. The van der Waals surface area contributed by atoms with E-state index in [9.17, 15) is 10.5 Å². The fourth-order valence-corrected chi connectivity index (χ4v) is 4.46. The van der Waals surface area contributed by atoms with Gasteiger partial charge in [0.05, 0.1) is 11.1 Å². The van der Waals surface area contributed by atoms with Gasteiger partial charge in [0.1, 0.15) is 23.7 Å². The molecule has 1 aliphatic heterocycles. The van der Waals surface area contributed by atoms with Crippen molar-refractivity contribution in [3.05, 3.63) is 77.5 Å². The Bertz CT molecular complexity index is 1460. The predicted octanol–water partition coefficient (Wildman–Crippen LogP) is 4.35. The van der Waals surface area contributed by atoms with Gasteiger partial charge in [-0.1, -0.05) is 36.4 Å². The third kappa shape index (κ3) is 3.85. The molecule has 2 aromatic carbocycles. The SMILES string of the molecule is N#C/C(=C\c1cc2ccccc2nc1N1CCCCC1)c1[nH][n+](-c2ccccc2)c(N)c1C#N. The number of H-pyrrole nitrogens is 1. The topological polar surface area (TPSA) is 109 Å². The van der Waals surface area contributed by atoms with Crippen molar-refractivity contribution in [1.29, 1.82) is 10.5 Å². The third-order valence-electron chi connectivity index (χ3n) is 6.17. The highest BCUT2D eigenvalue weighted by molar-refractivity contribution is 5.95. The van der Waals surface area contributed by atoms with Crippen LogP contribution in [-0.4, -0.2) is 23.2 Å². The van der Waals surface area contributed by atoms with Crippen LogP contribution in [0.1, 0.15) is 36.1 Å². The minimum Gasteiger partial charge on any atom is -0.356 e. The Morgan fingerprint density at radius 1 is 1.03 bits per heavy atom. The molecule has 0 radical (unpaired) electrons. The van der Waals surface area contributed by atoms with Crippen LogP contribution in [0.2, 0.25) is 0 Å².